The summed E-state index contributed by atoms with van der Waals surface area (Å²) in [6.45, 7) is 2.16. The molecule has 1 aromatic rings. The van der Waals surface area contributed by atoms with Crippen molar-refractivity contribution >= 4 is 0 Å². The normalized spacial score (nSPS) is 18.8. The maximum absolute atomic E-state index is 5.85. The second-order valence-corrected chi connectivity index (χ2v) is 4.18. The van der Waals surface area contributed by atoms with Gasteiger partial charge in [0.25, 0.3) is 0 Å². The van der Waals surface area contributed by atoms with Crippen molar-refractivity contribution in [2.24, 2.45) is 5.73 Å². The Hall–Kier alpha value is -0.940. The van der Waals surface area contributed by atoms with Gasteiger partial charge in [-0.3, -0.25) is 0 Å². The Bertz CT molecular complexity index is 313. The zero-order valence-electron chi connectivity index (χ0n) is 9.15. The van der Waals surface area contributed by atoms with Gasteiger partial charge in [0.15, 0.2) is 0 Å². The smallest absolute Gasteiger partial charge is 0.140 e. The van der Waals surface area contributed by atoms with E-state index in [0.29, 0.717) is 13.2 Å². The van der Waals surface area contributed by atoms with E-state index in [-0.39, 0.29) is 5.41 Å². The maximum atomic E-state index is 5.85. The van der Waals surface area contributed by atoms with E-state index in [4.69, 9.17) is 10.5 Å². The molecule has 1 aromatic heterocycles. The van der Waals surface area contributed by atoms with Gasteiger partial charge >= 0.3 is 0 Å². The lowest BCUT2D eigenvalue weighted by atomic mass is 9.68. The summed E-state index contributed by atoms with van der Waals surface area (Å²) < 4.78 is 7.13. The summed E-state index contributed by atoms with van der Waals surface area (Å²) in [7, 11) is 1.70. The van der Waals surface area contributed by atoms with Crippen LogP contribution in [0.5, 0.6) is 0 Å². The molecule has 2 rings (SSSR count). The first kappa shape index (κ1) is 10.6. The van der Waals surface area contributed by atoms with Crippen LogP contribution in [0.1, 0.15) is 25.1 Å². The molecule has 0 radical (unpaired) electrons. The van der Waals surface area contributed by atoms with E-state index in [1.54, 1.807) is 13.4 Å². The summed E-state index contributed by atoms with van der Waals surface area (Å²) in [6, 6.07) is 0. The molecule has 0 aliphatic heterocycles. The Balaban J connectivity index is 2.16. The van der Waals surface area contributed by atoms with E-state index in [1.807, 2.05) is 0 Å². The zero-order chi connectivity index (χ0) is 10.7. The Kier molecular flexibility index (Phi) is 3.02. The van der Waals surface area contributed by atoms with Crippen LogP contribution in [-0.2, 0) is 16.7 Å². The first-order valence-corrected chi connectivity index (χ1v) is 5.40. The Labute approximate surface area is 89.6 Å². The molecule has 2 N–H and O–H groups in total. The van der Waals surface area contributed by atoms with Gasteiger partial charge in [0, 0.05) is 25.6 Å². The third-order valence-corrected chi connectivity index (χ3v) is 3.33. The molecule has 0 bridgehead atoms. The fourth-order valence-electron chi connectivity index (χ4n) is 2.14. The number of nitrogens with zero attached hydrogens (tertiary/aromatic N) is 3. The highest BCUT2D eigenvalue weighted by Crippen LogP contribution is 2.41. The van der Waals surface area contributed by atoms with E-state index in [1.165, 1.54) is 6.42 Å². The number of methoxy groups -OCH3 is 1. The van der Waals surface area contributed by atoms with Crippen LogP contribution in [0.15, 0.2) is 6.33 Å². The van der Waals surface area contributed by atoms with Crippen molar-refractivity contribution in [3.05, 3.63) is 12.2 Å². The molecule has 5 nitrogen and oxygen atoms in total. The van der Waals surface area contributed by atoms with Crippen molar-refractivity contribution in [1.82, 2.24) is 14.8 Å². The summed E-state index contributed by atoms with van der Waals surface area (Å²) in [5.41, 5.74) is 5.93. The summed E-state index contributed by atoms with van der Waals surface area (Å²) in [5, 5.41) is 8.18. The number of nitrogens with two attached hydrogens (primary N) is 1. The molecule has 1 fully saturated rings. The lowest BCUT2D eigenvalue weighted by molar-refractivity contribution is 0.177. The highest BCUT2D eigenvalue weighted by atomic mass is 16.5. The number of ether oxygens (including phenoxy) is 1. The van der Waals surface area contributed by atoms with Gasteiger partial charge in [-0.05, 0) is 12.8 Å². The molecular weight excluding hydrogens is 192 g/mol. The number of hydrogen-bond acceptors (Lipinski definition) is 4. The fraction of sp³-hybridized carbons (Fsp3) is 0.800. The van der Waals surface area contributed by atoms with Crippen LogP contribution in [0.4, 0.5) is 0 Å². The van der Waals surface area contributed by atoms with Gasteiger partial charge in [0.05, 0.1) is 6.61 Å². The standard InChI is InChI=1S/C10H18N4O/c1-15-6-5-14-8-12-13-9(14)10(7-11)3-2-4-10/h8H,2-7,11H2,1H3. The van der Waals surface area contributed by atoms with Crippen LogP contribution in [0, 0.1) is 0 Å². The number of aromatic nitrogens is 3. The molecule has 5 heteroatoms. The van der Waals surface area contributed by atoms with E-state index >= 15 is 0 Å². The first-order valence-electron chi connectivity index (χ1n) is 5.40. The molecular formula is C10H18N4O. The molecule has 1 saturated carbocycles. The molecule has 1 aliphatic rings. The van der Waals surface area contributed by atoms with Gasteiger partial charge in [-0.15, -0.1) is 10.2 Å². The predicted octanol–water partition coefficient (Wildman–Crippen LogP) is 0.305. The van der Waals surface area contributed by atoms with Gasteiger partial charge < -0.3 is 15.0 Å². The fourth-order valence-corrected chi connectivity index (χ4v) is 2.14. The van der Waals surface area contributed by atoms with Gasteiger partial charge in [-0.1, -0.05) is 6.42 Å². The molecule has 1 heterocycles. The van der Waals surface area contributed by atoms with Crippen LogP contribution in [0.2, 0.25) is 0 Å². The highest BCUT2D eigenvalue weighted by molar-refractivity contribution is 5.14. The van der Waals surface area contributed by atoms with Gasteiger partial charge in [0.2, 0.25) is 0 Å². The van der Waals surface area contributed by atoms with E-state index in [0.717, 1.165) is 25.2 Å². The van der Waals surface area contributed by atoms with Crippen LogP contribution in [-0.4, -0.2) is 35.0 Å². The molecule has 0 aromatic carbocycles. The Morgan fingerprint density at radius 2 is 2.40 bits per heavy atom. The van der Waals surface area contributed by atoms with Crippen LogP contribution >= 0.6 is 0 Å². The second kappa shape index (κ2) is 4.28. The predicted molar refractivity (Wildman–Crippen MR) is 56.5 cm³/mol. The van der Waals surface area contributed by atoms with Gasteiger partial charge in [0.1, 0.15) is 12.2 Å². The summed E-state index contributed by atoms with van der Waals surface area (Å²) in [5.74, 6) is 1.04. The highest BCUT2D eigenvalue weighted by Gasteiger charge is 2.41. The third-order valence-electron chi connectivity index (χ3n) is 3.33. The summed E-state index contributed by atoms with van der Waals surface area (Å²) in [6.07, 6.45) is 5.28. The molecule has 15 heavy (non-hydrogen) atoms. The van der Waals surface area contributed by atoms with Gasteiger partial charge in [-0.2, -0.15) is 0 Å². The largest absolute Gasteiger partial charge is 0.383 e. The average molecular weight is 210 g/mol. The molecule has 0 saturated heterocycles. The van der Waals surface area contributed by atoms with E-state index in [9.17, 15) is 0 Å². The van der Waals surface area contributed by atoms with Crippen LogP contribution in [0.3, 0.4) is 0 Å². The number of rotatable bonds is 5. The van der Waals surface area contributed by atoms with Crippen molar-refractivity contribution in [3.63, 3.8) is 0 Å². The van der Waals surface area contributed by atoms with Crippen LogP contribution in [0.25, 0.3) is 0 Å². The quantitative estimate of drug-likeness (QED) is 0.759. The summed E-state index contributed by atoms with van der Waals surface area (Å²) in [4.78, 5) is 0. The lowest BCUT2D eigenvalue weighted by Gasteiger charge is -2.39. The zero-order valence-corrected chi connectivity index (χ0v) is 9.15. The van der Waals surface area contributed by atoms with E-state index < -0.39 is 0 Å². The maximum Gasteiger partial charge on any atom is 0.140 e. The third kappa shape index (κ3) is 1.77. The SMILES string of the molecule is COCCn1cnnc1C1(CN)CCC1. The minimum atomic E-state index is 0.0875. The minimum absolute atomic E-state index is 0.0875. The van der Waals surface area contributed by atoms with Gasteiger partial charge in [-0.25, -0.2) is 0 Å². The molecule has 0 amide bonds. The van der Waals surface area contributed by atoms with Crippen molar-refractivity contribution in [3.8, 4) is 0 Å². The van der Waals surface area contributed by atoms with E-state index in [2.05, 4.69) is 14.8 Å². The summed E-state index contributed by atoms with van der Waals surface area (Å²) >= 11 is 0. The Morgan fingerprint density at radius 1 is 1.60 bits per heavy atom. The van der Waals surface area contributed by atoms with Crippen molar-refractivity contribution < 1.29 is 4.74 Å². The van der Waals surface area contributed by atoms with Crippen LogP contribution < -0.4 is 5.73 Å². The molecule has 0 spiro atoms. The lowest BCUT2D eigenvalue weighted by Crippen LogP contribution is -2.44. The van der Waals surface area contributed by atoms with Crippen molar-refractivity contribution in [2.45, 2.75) is 31.2 Å². The monoisotopic (exact) mass is 210 g/mol. The molecule has 0 atom stereocenters. The molecule has 84 valence electrons. The Morgan fingerprint density at radius 3 is 2.93 bits per heavy atom. The topological polar surface area (TPSA) is 66.0 Å². The second-order valence-electron chi connectivity index (χ2n) is 4.18. The molecule has 1 aliphatic carbocycles. The number of hydrogen-bond donors (Lipinski definition) is 1. The molecule has 0 unspecified atom stereocenters. The van der Waals surface area contributed by atoms with Crippen molar-refractivity contribution in [2.75, 3.05) is 20.3 Å². The minimum Gasteiger partial charge on any atom is -0.383 e. The average Bonchev–Trinajstić information content (AvgIpc) is 2.63. The first-order chi connectivity index (χ1) is 7.32. The van der Waals surface area contributed by atoms with Crippen molar-refractivity contribution in [1.29, 1.82) is 0 Å².